The van der Waals surface area contributed by atoms with Gasteiger partial charge in [0.1, 0.15) is 5.78 Å². The molecule has 2 saturated carbocycles. The molecule has 94 valence electrons. The molecule has 0 bridgehead atoms. The molecule has 2 atom stereocenters. The molecular weight excluding hydrogens is 216 g/mol. The van der Waals surface area contributed by atoms with Gasteiger partial charge < -0.3 is 10.2 Å². The molecule has 3 aliphatic rings. The van der Waals surface area contributed by atoms with E-state index in [0.29, 0.717) is 11.8 Å². The van der Waals surface area contributed by atoms with Gasteiger partial charge in [0.05, 0.1) is 0 Å². The van der Waals surface area contributed by atoms with Crippen molar-refractivity contribution >= 4 is 11.8 Å². The Morgan fingerprint density at radius 3 is 2.65 bits per heavy atom. The van der Waals surface area contributed by atoms with Crippen LogP contribution in [0.25, 0.3) is 0 Å². The number of ketones is 1. The zero-order valence-corrected chi connectivity index (χ0v) is 10.2. The van der Waals surface area contributed by atoms with Crippen LogP contribution in [0.1, 0.15) is 44.9 Å². The van der Waals surface area contributed by atoms with Crippen LogP contribution in [0.2, 0.25) is 0 Å². The van der Waals surface area contributed by atoms with Crippen molar-refractivity contribution in [2.45, 2.75) is 57.0 Å². The van der Waals surface area contributed by atoms with Crippen LogP contribution < -0.4 is 5.32 Å². The average Bonchev–Trinajstić information content (AvgIpc) is 2.83. The molecule has 2 amide bonds. The maximum absolute atomic E-state index is 12.1. The zero-order chi connectivity index (χ0) is 11.8. The van der Waals surface area contributed by atoms with E-state index in [2.05, 4.69) is 5.32 Å². The van der Waals surface area contributed by atoms with Gasteiger partial charge in [-0.1, -0.05) is 0 Å². The summed E-state index contributed by atoms with van der Waals surface area (Å²) >= 11 is 0. The van der Waals surface area contributed by atoms with Crippen molar-refractivity contribution in [1.82, 2.24) is 10.2 Å². The van der Waals surface area contributed by atoms with Gasteiger partial charge in [-0.05, 0) is 38.5 Å². The maximum atomic E-state index is 12.1. The van der Waals surface area contributed by atoms with Crippen LogP contribution in [-0.4, -0.2) is 35.3 Å². The third-order valence-electron chi connectivity index (χ3n) is 4.28. The first-order valence-corrected chi connectivity index (χ1v) is 6.85. The van der Waals surface area contributed by atoms with Gasteiger partial charge in [0, 0.05) is 31.0 Å². The lowest BCUT2D eigenvalue weighted by molar-refractivity contribution is -0.121. The molecule has 0 aromatic heterocycles. The van der Waals surface area contributed by atoms with E-state index in [0.717, 1.165) is 51.5 Å². The van der Waals surface area contributed by atoms with E-state index in [9.17, 15) is 9.59 Å². The van der Waals surface area contributed by atoms with E-state index in [1.54, 1.807) is 0 Å². The summed E-state index contributed by atoms with van der Waals surface area (Å²) < 4.78 is 0. The fraction of sp³-hybridized carbons (Fsp3) is 0.846. The first-order valence-electron chi connectivity index (χ1n) is 6.85. The third kappa shape index (κ3) is 2.17. The Morgan fingerprint density at radius 2 is 2.00 bits per heavy atom. The lowest BCUT2D eigenvalue weighted by Crippen LogP contribution is -2.47. The fourth-order valence-corrected chi connectivity index (χ4v) is 3.20. The summed E-state index contributed by atoms with van der Waals surface area (Å²) in [6.45, 7) is 0.826. The number of carbonyl (C=O) groups excluding carboxylic acids is 2. The summed E-state index contributed by atoms with van der Waals surface area (Å²) in [5.74, 6) is 0.503. The molecule has 1 aliphatic heterocycles. The van der Waals surface area contributed by atoms with Crippen LogP contribution in [0, 0.1) is 5.92 Å². The molecule has 3 rings (SSSR count). The molecule has 2 unspecified atom stereocenters. The molecule has 4 nitrogen and oxygen atoms in total. The summed E-state index contributed by atoms with van der Waals surface area (Å²) in [4.78, 5) is 25.8. The van der Waals surface area contributed by atoms with Gasteiger partial charge in [-0.25, -0.2) is 4.79 Å². The maximum Gasteiger partial charge on any atom is 0.317 e. The minimum absolute atomic E-state index is 0.0645. The minimum atomic E-state index is 0.0645. The Hall–Kier alpha value is -1.06. The molecule has 17 heavy (non-hydrogen) atoms. The number of Topliss-reactive ketones (excluding diaryl/α,β-unsaturated/α-hetero) is 1. The predicted octanol–water partition coefficient (Wildman–Crippen LogP) is 1.69. The monoisotopic (exact) mass is 236 g/mol. The van der Waals surface area contributed by atoms with Crippen molar-refractivity contribution < 1.29 is 9.59 Å². The van der Waals surface area contributed by atoms with Crippen molar-refractivity contribution in [3.63, 3.8) is 0 Å². The molecule has 0 radical (unpaired) electrons. The van der Waals surface area contributed by atoms with Gasteiger partial charge in [-0.2, -0.15) is 0 Å². The standard InChI is InChI=1S/C13H20N2O2/c16-12-5-1-3-10(12)11-4-2-8-15(11)13(17)14-9-6-7-9/h9-11H,1-8H2,(H,14,17). The van der Waals surface area contributed by atoms with Crippen LogP contribution in [0.3, 0.4) is 0 Å². The number of nitrogens with zero attached hydrogens (tertiary/aromatic N) is 1. The number of nitrogens with one attached hydrogen (secondary N) is 1. The van der Waals surface area contributed by atoms with Crippen LogP contribution in [0.5, 0.6) is 0 Å². The van der Waals surface area contributed by atoms with Gasteiger partial charge in [0.25, 0.3) is 0 Å². The Bertz CT molecular complexity index is 338. The highest BCUT2D eigenvalue weighted by atomic mass is 16.2. The molecule has 1 heterocycles. The van der Waals surface area contributed by atoms with Crippen molar-refractivity contribution in [2.75, 3.05) is 6.54 Å². The Labute approximate surface area is 102 Å². The molecular formula is C13H20N2O2. The minimum Gasteiger partial charge on any atom is -0.335 e. The summed E-state index contributed by atoms with van der Waals surface area (Å²) in [7, 11) is 0. The summed E-state index contributed by atoms with van der Waals surface area (Å²) in [5.41, 5.74) is 0. The molecule has 0 aromatic carbocycles. The predicted molar refractivity (Wildman–Crippen MR) is 63.6 cm³/mol. The van der Waals surface area contributed by atoms with E-state index in [1.807, 2.05) is 4.90 Å². The Balaban J connectivity index is 1.65. The second-order valence-electron chi connectivity index (χ2n) is 5.59. The van der Waals surface area contributed by atoms with Crippen molar-refractivity contribution in [3.05, 3.63) is 0 Å². The van der Waals surface area contributed by atoms with Crippen molar-refractivity contribution in [3.8, 4) is 0 Å². The summed E-state index contributed by atoms with van der Waals surface area (Å²) in [6, 6.07) is 0.654. The van der Waals surface area contributed by atoms with Crippen molar-refractivity contribution in [2.24, 2.45) is 5.92 Å². The number of hydrogen-bond acceptors (Lipinski definition) is 2. The van der Waals surface area contributed by atoms with Crippen LogP contribution >= 0.6 is 0 Å². The quantitative estimate of drug-likeness (QED) is 0.793. The molecule has 2 aliphatic carbocycles. The molecule has 1 saturated heterocycles. The molecule has 4 heteroatoms. The molecule has 0 spiro atoms. The number of amides is 2. The first-order chi connectivity index (χ1) is 8.25. The fourth-order valence-electron chi connectivity index (χ4n) is 3.20. The number of carbonyl (C=O) groups is 2. The number of likely N-dealkylation sites (tertiary alicyclic amines) is 1. The normalized spacial score (nSPS) is 33.2. The van der Waals surface area contributed by atoms with Crippen LogP contribution in [0.15, 0.2) is 0 Å². The van der Waals surface area contributed by atoms with Gasteiger partial charge in [-0.15, -0.1) is 0 Å². The number of urea groups is 1. The SMILES string of the molecule is O=C1CCCC1C1CCCN1C(=O)NC1CC1. The van der Waals surface area contributed by atoms with Crippen LogP contribution in [-0.2, 0) is 4.79 Å². The van der Waals surface area contributed by atoms with Gasteiger partial charge >= 0.3 is 6.03 Å². The van der Waals surface area contributed by atoms with E-state index in [-0.39, 0.29) is 18.0 Å². The van der Waals surface area contributed by atoms with E-state index >= 15 is 0 Å². The lowest BCUT2D eigenvalue weighted by Gasteiger charge is -2.28. The van der Waals surface area contributed by atoms with Gasteiger partial charge in [-0.3, -0.25) is 4.79 Å². The van der Waals surface area contributed by atoms with E-state index < -0.39 is 0 Å². The summed E-state index contributed by atoms with van der Waals surface area (Å²) in [6.07, 6.45) is 7.01. The smallest absolute Gasteiger partial charge is 0.317 e. The Morgan fingerprint density at radius 1 is 1.18 bits per heavy atom. The highest BCUT2D eigenvalue weighted by Crippen LogP contribution is 2.33. The summed E-state index contributed by atoms with van der Waals surface area (Å²) in [5, 5.41) is 3.04. The van der Waals surface area contributed by atoms with Gasteiger partial charge in [0.15, 0.2) is 0 Å². The van der Waals surface area contributed by atoms with Crippen LogP contribution in [0.4, 0.5) is 4.79 Å². The average molecular weight is 236 g/mol. The lowest BCUT2D eigenvalue weighted by atomic mass is 9.95. The highest BCUT2D eigenvalue weighted by Gasteiger charge is 2.40. The van der Waals surface area contributed by atoms with Crippen molar-refractivity contribution in [1.29, 1.82) is 0 Å². The zero-order valence-electron chi connectivity index (χ0n) is 10.2. The largest absolute Gasteiger partial charge is 0.335 e. The molecule has 0 aromatic rings. The topological polar surface area (TPSA) is 49.4 Å². The van der Waals surface area contributed by atoms with Gasteiger partial charge in [0.2, 0.25) is 0 Å². The second kappa shape index (κ2) is 4.31. The number of hydrogen-bond donors (Lipinski definition) is 1. The first kappa shape index (κ1) is 11.1. The molecule has 3 fully saturated rings. The molecule has 1 N–H and O–H groups in total. The second-order valence-corrected chi connectivity index (χ2v) is 5.59. The van der Waals surface area contributed by atoms with E-state index in [4.69, 9.17) is 0 Å². The number of rotatable bonds is 2. The highest BCUT2D eigenvalue weighted by molar-refractivity contribution is 5.85. The Kier molecular flexibility index (Phi) is 2.81. The van der Waals surface area contributed by atoms with E-state index in [1.165, 1.54) is 0 Å². The third-order valence-corrected chi connectivity index (χ3v) is 4.28.